The highest BCUT2D eigenvalue weighted by Gasteiger charge is 2.16. The maximum atomic E-state index is 11.8. The summed E-state index contributed by atoms with van der Waals surface area (Å²) in [6.07, 6.45) is 9.79. The zero-order valence-corrected chi connectivity index (χ0v) is 11.5. The Morgan fingerprint density at radius 1 is 1.53 bits per heavy atom. The molecule has 1 aliphatic carbocycles. The van der Waals surface area contributed by atoms with Crippen molar-refractivity contribution in [3.8, 4) is 0 Å². The number of carbonyl (C=O) groups is 1. The van der Waals surface area contributed by atoms with Gasteiger partial charge in [-0.25, -0.2) is 0 Å². The average molecular weight is 265 g/mol. The fourth-order valence-electron chi connectivity index (χ4n) is 2.37. The van der Waals surface area contributed by atoms with Crippen LogP contribution in [0.25, 0.3) is 0 Å². The highest BCUT2D eigenvalue weighted by molar-refractivity contribution is 5.79. The van der Waals surface area contributed by atoms with Crippen LogP contribution in [0.15, 0.2) is 18.5 Å². The standard InChI is InChI=1S/C14H23N3O2/c1-12(17-10-4-9-16-17)14(18)15-8-5-11-19-13-6-2-3-7-13/h4,9-10,12-13H,2-3,5-8,11H2,1H3,(H,15,18). The van der Waals surface area contributed by atoms with Crippen molar-refractivity contribution in [2.24, 2.45) is 0 Å². The van der Waals surface area contributed by atoms with Gasteiger partial charge in [0.25, 0.3) is 0 Å². The summed E-state index contributed by atoms with van der Waals surface area (Å²) in [4.78, 5) is 11.8. The molecule has 5 heteroatoms. The molecular weight excluding hydrogens is 242 g/mol. The van der Waals surface area contributed by atoms with Crippen LogP contribution in [-0.2, 0) is 9.53 Å². The van der Waals surface area contributed by atoms with Gasteiger partial charge in [0.15, 0.2) is 0 Å². The Labute approximate surface area is 114 Å². The zero-order valence-electron chi connectivity index (χ0n) is 11.5. The maximum Gasteiger partial charge on any atom is 0.244 e. The molecule has 1 aromatic rings. The Bertz CT molecular complexity index is 372. The Morgan fingerprint density at radius 2 is 2.32 bits per heavy atom. The van der Waals surface area contributed by atoms with Gasteiger partial charge in [0.05, 0.1) is 6.10 Å². The summed E-state index contributed by atoms with van der Waals surface area (Å²) in [6.45, 7) is 3.25. The minimum Gasteiger partial charge on any atom is -0.378 e. The number of ether oxygens (including phenoxy) is 1. The molecule has 0 spiro atoms. The first-order chi connectivity index (χ1) is 9.27. The van der Waals surface area contributed by atoms with Gasteiger partial charge in [-0.15, -0.1) is 0 Å². The lowest BCUT2D eigenvalue weighted by Crippen LogP contribution is -2.32. The highest BCUT2D eigenvalue weighted by atomic mass is 16.5. The Kier molecular flexibility index (Phi) is 5.39. The van der Waals surface area contributed by atoms with Crippen molar-refractivity contribution in [3.63, 3.8) is 0 Å². The third kappa shape index (κ3) is 4.35. The number of nitrogens with zero attached hydrogens (tertiary/aromatic N) is 2. The third-order valence-corrected chi connectivity index (χ3v) is 3.58. The van der Waals surface area contributed by atoms with Gasteiger partial charge in [-0.05, 0) is 32.3 Å². The van der Waals surface area contributed by atoms with Gasteiger partial charge in [0.1, 0.15) is 6.04 Å². The topological polar surface area (TPSA) is 56.1 Å². The SMILES string of the molecule is CC(C(=O)NCCCOC1CCCC1)n1cccn1. The van der Waals surface area contributed by atoms with Gasteiger partial charge in [-0.1, -0.05) is 12.8 Å². The van der Waals surface area contributed by atoms with Crippen LogP contribution >= 0.6 is 0 Å². The number of amides is 1. The van der Waals surface area contributed by atoms with E-state index in [0.29, 0.717) is 12.6 Å². The van der Waals surface area contributed by atoms with E-state index in [2.05, 4.69) is 10.4 Å². The quantitative estimate of drug-likeness (QED) is 0.766. The van der Waals surface area contributed by atoms with E-state index in [0.717, 1.165) is 13.0 Å². The van der Waals surface area contributed by atoms with E-state index in [1.807, 2.05) is 13.0 Å². The van der Waals surface area contributed by atoms with E-state index in [-0.39, 0.29) is 11.9 Å². The summed E-state index contributed by atoms with van der Waals surface area (Å²) in [5.74, 6) is 0.00423. The minimum atomic E-state index is -0.259. The van der Waals surface area contributed by atoms with Crippen molar-refractivity contribution in [1.82, 2.24) is 15.1 Å². The van der Waals surface area contributed by atoms with Crippen molar-refractivity contribution in [3.05, 3.63) is 18.5 Å². The second-order valence-corrected chi connectivity index (χ2v) is 5.08. The van der Waals surface area contributed by atoms with Gasteiger partial charge in [0.2, 0.25) is 5.91 Å². The van der Waals surface area contributed by atoms with E-state index in [1.54, 1.807) is 17.1 Å². The molecule has 0 aromatic carbocycles. The minimum absolute atomic E-state index is 0.00423. The fraction of sp³-hybridized carbons (Fsp3) is 0.714. The van der Waals surface area contributed by atoms with Crippen molar-refractivity contribution in [1.29, 1.82) is 0 Å². The van der Waals surface area contributed by atoms with E-state index >= 15 is 0 Å². The Hall–Kier alpha value is -1.36. The second kappa shape index (κ2) is 7.28. The molecule has 2 rings (SSSR count). The molecule has 0 aliphatic heterocycles. The third-order valence-electron chi connectivity index (χ3n) is 3.58. The Morgan fingerprint density at radius 3 is 3.00 bits per heavy atom. The van der Waals surface area contributed by atoms with Crippen molar-refractivity contribution >= 4 is 5.91 Å². The Balaban J connectivity index is 1.56. The summed E-state index contributed by atoms with van der Waals surface area (Å²) in [6, 6.07) is 1.56. The molecule has 1 atom stereocenters. The van der Waals surface area contributed by atoms with E-state index < -0.39 is 0 Å². The van der Waals surface area contributed by atoms with Crippen LogP contribution < -0.4 is 5.32 Å². The molecule has 1 aromatic heterocycles. The predicted molar refractivity (Wildman–Crippen MR) is 72.8 cm³/mol. The molecule has 1 heterocycles. The monoisotopic (exact) mass is 265 g/mol. The predicted octanol–water partition coefficient (Wildman–Crippen LogP) is 1.91. The summed E-state index contributed by atoms with van der Waals surface area (Å²) in [7, 11) is 0. The molecule has 0 radical (unpaired) electrons. The second-order valence-electron chi connectivity index (χ2n) is 5.08. The lowest BCUT2D eigenvalue weighted by atomic mass is 10.3. The summed E-state index contributed by atoms with van der Waals surface area (Å²) < 4.78 is 7.41. The lowest BCUT2D eigenvalue weighted by molar-refractivity contribution is -0.124. The average Bonchev–Trinajstić information content (AvgIpc) is 3.10. The number of carbonyl (C=O) groups excluding carboxylic acids is 1. The van der Waals surface area contributed by atoms with Crippen LogP contribution in [0, 0.1) is 0 Å². The summed E-state index contributed by atoms with van der Waals surface area (Å²) in [5, 5.41) is 6.98. The van der Waals surface area contributed by atoms with Gasteiger partial charge in [0, 0.05) is 25.5 Å². The molecule has 0 bridgehead atoms. The molecule has 1 amide bonds. The molecule has 1 aliphatic rings. The number of aromatic nitrogens is 2. The normalized spacial score (nSPS) is 17.5. The molecule has 0 saturated heterocycles. The first kappa shape index (κ1) is 14.1. The number of nitrogens with one attached hydrogen (secondary N) is 1. The molecule has 1 unspecified atom stereocenters. The molecule has 19 heavy (non-hydrogen) atoms. The first-order valence-electron chi connectivity index (χ1n) is 7.16. The van der Waals surface area contributed by atoms with Crippen LogP contribution in [0.2, 0.25) is 0 Å². The van der Waals surface area contributed by atoms with Crippen LogP contribution in [0.5, 0.6) is 0 Å². The van der Waals surface area contributed by atoms with Crippen molar-refractivity contribution in [2.75, 3.05) is 13.2 Å². The number of rotatable bonds is 7. The van der Waals surface area contributed by atoms with E-state index in [1.165, 1.54) is 25.7 Å². The summed E-state index contributed by atoms with van der Waals surface area (Å²) in [5.41, 5.74) is 0. The van der Waals surface area contributed by atoms with Gasteiger partial charge in [-0.3, -0.25) is 9.48 Å². The summed E-state index contributed by atoms with van der Waals surface area (Å²) >= 11 is 0. The smallest absolute Gasteiger partial charge is 0.244 e. The van der Waals surface area contributed by atoms with Crippen molar-refractivity contribution < 1.29 is 9.53 Å². The van der Waals surface area contributed by atoms with Crippen LogP contribution in [0.1, 0.15) is 45.1 Å². The van der Waals surface area contributed by atoms with Crippen LogP contribution in [-0.4, -0.2) is 34.9 Å². The van der Waals surface area contributed by atoms with E-state index in [4.69, 9.17) is 4.74 Å². The van der Waals surface area contributed by atoms with E-state index in [9.17, 15) is 4.79 Å². The zero-order chi connectivity index (χ0) is 13.5. The molecule has 1 saturated carbocycles. The van der Waals surface area contributed by atoms with Crippen LogP contribution in [0.4, 0.5) is 0 Å². The highest BCUT2D eigenvalue weighted by Crippen LogP contribution is 2.20. The first-order valence-corrected chi connectivity index (χ1v) is 7.16. The van der Waals surface area contributed by atoms with Gasteiger partial charge in [-0.2, -0.15) is 5.10 Å². The lowest BCUT2D eigenvalue weighted by Gasteiger charge is -2.14. The van der Waals surface area contributed by atoms with Gasteiger partial charge < -0.3 is 10.1 Å². The molecule has 1 N–H and O–H groups in total. The molecule has 106 valence electrons. The fourth-order valence-corrected chi connectivity index (χ4v) is 2.37. The maximum absolute atomic E-state index is 11.8. The molecular formula is C14H23N3O2. The van der Waals surface area contributed by atoms with Crippen LogP contribution in [0.3, 0.4) is 0 Å². The number of hydrogen-bond acceptors (Lipinski definition) is 3. The largest absolute Gasteiger partial charge is 0.378 e. The molecule has 5 nitrogen and oxygen atoms in total. The molecule has 1 fully saturated rings. The van der Waals surface area contributed by atoms with Crippen molar-refractivity contribution in [2.45, 2.75) is 51.2 Å². The van der Waals surface area contributed by atoms with Gasteiger partial charge >= 0.3 is 0 Å². The number of hydrogen-bond donors (Lipinski definition) is 1.